The maximum Gasteiger partial charge on any atom is 0.267 e. The van der Waals surface area contributed by atoms with Crippen molar-refractivity contribution in [2.75, 3.05) is 13.7 Å². The number of carbonyl (C=O) groups excluding carboxylic acids is 1. The third kappa shape index (κ3) is 4.62. The van der Waals surface area contributed by atoms with Gasteiger partial charge in [0, 0.05) is 30.6 Å². The molecule has 0 aliphatic rings. The summed E-state index contributed by atoms with van der Waals surface area (Å²) in [7, 11) is 1.62. The van der Waals surface area contributed by atoms with Crippen molar-refractivity contribution in [3.63, 3.8) is 0 Å². The van der Waals surface area contributed by atoms with Crippen molar-refractivity contribution < 1.29 is 9.53 Å². The zero-order valence-corrected chi connectivity index (χ0v) is 15.8. The summed E-state index contributed by atoms with van der Waals surface area (Å²) < 4.78 is 6.34. The van der Waals surface area contributed by atoms with Gasteiger partial charge < -0.3 is 10.1 Å². The topological polar surface area (TPSA) is 86.1 Å². The molecule has 2 heterocycles. The molecule has 0 saturated heterocycles. The van der Waals surface area contributed by atoms with Crippen molar-refractivity contribution in [3.05, 3.63) is 76.8 Å². The van der Waals surface area contributed by atoms with Crippen LogP contribution < -0.4 is 15.6 Å². The van der Waals surface area contributed by atoms with Crippen LogP contribution in [-0.4, -0.2) is 34.3 Å². The molecule has 0 bridgehead atoms. The van der Waals surface area contributed by atoms with Gasteiger partial charge in [-0.25, -0.2) is 4.68 Å². The molecular formula is C21H22N4O3. The smallest absolute Gasteiger partial charge is 0.267 e. The highest BCUT2D eigenvalue weighted by molar-refractivity contribution is 5.79. The van der Waals surface area contributed by atoms with Crippen LogP contribution in [0, 0.1) is 0 Å². The Morgan fingerprint density at radius 3 is 2.50 bits per heavy atom. The van der Waals surface area contributed by atoms with E-state index in [0.717, 1.165) is 16.9 Å². The van der Waals surface area contributed by atoms with Gasteiger partial charge in [-0.1, -0.05) is 12.1 Å². The standard InChI is InChI=1S/C21H22N4O3/c1-15(21(27)23-14-9-16-3-5-18(28-2)6-4-16)25-20(26)8-7-19(24-25)17-10-12-22-13-11-17/h3-8,10-13,15H,9,14H2,1-2H3,(H,23,27). The Bertz CT molecular complexity index is 985. The molecule has 0 spiro atoms. The lowest BCUT2D eigenvalue weighted by Gasteiger charge is -2.15. The Morgan fingerprint density at radius 1 is 1.11 bits per heavy atom. The molecule has 0 aliphatic carbocycles. The van der Waals surface area contributed by atoms with Crippen molar-refractivity contribution >= 4 is 5.91 Å². The maximum atomic E-state index is 12.5. The van der Waals surface area contributed by atoms with Crippen LogP contribution in [0.2, 0.25) is 0 Å². The number of benzene rings is 1. The number of carbonyl (C=O) groups is 1. The van der Waals surface area contributed by atoms with Crippen molar-refractivity contribution in [2.45, 2.75) is 19.4 Å². The fraction of sp³-hybridized carbons (Fsp3) is 0.238. The van der Waals surface area contributed by atoms with Gasteiger partial charge in [-0.3, -0.25) is 14.6 Å². The molecule has 1 aromatic carbocycles. The quantitative estimate of drug-likeness (QED) is 0.681. The monoisotopic (exact) mass is 378 g/mol. The van der Waals surface area contributed by atoms with Crippen molar-refractivity contribution in [1.82, 2.24) is 20.1 Å². The summed E-state index contributed by atoms with van der Waals surface area (Å²) in [4.78, 5) is 28.7. The van der Waals surface area contributed by atoms with E-state index >= 15 is 0 Å². The predicted molar refractivity (Wildman–Crippen MR) is 106 cm³/mol. The minimum atomic E-state index is -0.717. The summed E-state index contributed by atoms with van der Waals surface area (Å²) in [6.45, 7) is 2.13. The Morgan fingerprint density at radius 2 is 1.82 bits per heavy atom. The van der Waals surface area contributed by atoms with Crippen LogP contribution in [0.25, 0.3) is 11.3 Å². The van der Waals surface area contributed by atoms with Crippen molar-refractivity contribution in [1.29, 1.82) is 0 Å². The average Bonchev–Trinajstić information content (AvgIpc) is 2.74. The molecule has 0 radical (unpaired) electrons. The summed E-state index contributed by atoms with van der Waals surface area (Å²) >= 11 is 0. The first-order valence-corrected chi connectivity index (χ1v) is 8.99. The molecule has 0 aliphatic heterocycles. The minimum Gasteiger partial charge on any atom is -0.497 e. The van der Waals surface area contributed by atoms with Gasteiger partial charge in [0.1, 0.15) is 11.8 Å². The van der Waals surface area contributed by atoms with E-state index in [0.29, 0.717) is 18.7 Å². The van der Waals surface area contributed by atoms with E-state index in [9.17, 15) is 9.59 Å². The van der Waals surface area contributed by atoms with Gasteiger partial charge in [0.25, 0.3) is 5.56 Å². The third-order valence-electron chi connectivity index (χ3n) is 4.42. The van der Waals surface area contributed by atoms with E-state index in [4.69, 9.17) is 4.74 Å². The van der Waals surface area contributed by atoms with Crippen LogP contribution in [0.1, 0.15) is 18.5 Å². The van der Waals surface area contributed by atoms with Crippen LogP contribution in [-0.2, 0) is 11.2 Å². The summed E-state index contributed by atoms with van der Waals surface area (Å²) in [5, 5.41) is 7.22. The zero-order valence-electron chi connectivity index (χ0n) is 15.8. The van der Waals surface area contributed by atoms with Crippen molar-refractivity contribution in [2.24, 2.45) is 0 Å². The van der Waals surface area contributed by atoms with Crippen LogP contribution in [0.3, 0.4) is 0 Å². The van der Waals surface area contributed by atoms with E-state index in [1.165, 1.54) is 10.7 Å². The van der Waals surface area contributed by atoms with Gasteiger partial charge in [0.05, 0.1) is 12.8 Å². The van der Waals surface area contributed by atoms with E-state index in [2.05, 4.69) is 15.4 Å². The van der Waals surface area contributed by atoms with Crippen LogP contribution in [0.15, 0.2) is 65.7 Å². The number of amides is 1. The number of nitrogens with zero attached hydrogens (tertiary/aromatic N) is 3. The second-order valence-corrected chi connectivity index (χ2v) is 6.30. The lowest BCUT2D eigenvalue weighted by Crippen LogP contribution is -2.37. The van der Waals surface area contributed by atoms with Gasteiger partial charge in [0.2, 0.25) is 5.91 Å². The van der Waals surface area contributed by atoms with Gasteiger partial charge in [-0.05, 0) is 49.2 Å². The molecule has 1 N–H and O–H groups in total. The Kier molecular flexibility index (Phi) is 6.16. The van der Waals surface area contributed by atoms with Crippen LogP contribution in [0.4, 0.5) is 0 Å². The molecule has 7 nitrogen and oxygen atoms in total. The first-order chi connectivity index (χ1) is 13.6. The highest BCUT2D eigenvalue weighted by Gasteiger charge is 2.17. The number of nitrogens with one attached hydrogen (secondary N) is 1. The van der Waals surface area contributed by atoms with Crippen LogP contribution in [0.5, 0.6) is 5.75 Å². The summed E-state index contributed by atoms with van der Waals surface area (Å²) in [5.74, 6) is 0.538. The molecule has 0 fully saturated rings. The fourth-order valence-electron chi connectivity index (χ4n) is 2.76. The molecule has 1 amide bonds. The normalized spacial score (nSPS) is 11.6. The fourth-order valence-corrected chi connectivity index (χ4v) is 2.76. The molecule has 144 valence electrons. The molecule has 3 rings (SSSR count). The molecule has 2 aromatic heterocycles. The van der Waals surface area contributed by atoms with Gasteiger partial charge in [0.15, 0.2) is 0 Å². The van der Waals surface area contributed by atoms with Gasteiger partial charge in [-0.15, -0.1) is 0 Å². The first kappa shape index (κ1) is 19.3. The predicted octanol–water partition coefficient (Wildman–Crippen LogP) is 2.23. The van der Waals surface area contributed by atoms with E-state index in [1.807, 2.05) is 24.3 Å². The number of aromatic nitrogens is 3. The number of hydrogen-bond donors (Lipinski definition) is 1. The summed E-state index contributed by atoms with van der Waals surface area (Å²) in [5.41, 5.74) is 2.20. The lowest BCUT2D eigenvalue weighted by atomic mass is 10.1. The molecule has 28 heavy (non-hydrogen) atoms. The highest BCUT2D eigenvalue weighted by atomic mass is 16.5. The number of pyridine rings is 1. The molecule has 1 atom stereocenters. The van der Waals surface area contributed by atoms with Gasteiger partial charge in [-0.2, -0.15) is 5.10 Å². The number of rotatable bonds is 7. The maximum absolute atomic E-state index is 12.5. The van der Waals surface area contributed by atoms with E-state index in [-0.39, 0.29) is 11.5 Å². The summed E-state index contributed by atoms with van der Waals surface area (Å²) in [6, 6.07) is 13.6. The molecule has 0 saturated carbocycles. The van der Waals surface area contributed by atoms with E-state index < -0.39 is 6.04 Å². The Hall–Kier alpha value is -3.48. The minimum absolute atomic E-state index is 0.255. The lowest BCUT2D eigenvalue weighted by molar-refractivity contribution is -0.124. The number of ether oxygens (including phenoxy) is 1. The van der Waals surface area contributed by atoms with Gasteiger partial charge >= 0.3 is 0 Å². The molecule has 3 aromatic rings. The summed E-state index contributed by atoms with van der Waals surface area (Å²) in [6.07, 6.45) is 3.99. The van der Waals surface area contributed by atoms with Crippen molar-refractivity contribution in [3.8, 4) is 17.0 Å². The average molecular weight is 378 g/mol. The highest BCUT2D eigenvalue weighted by Crippen LogP contribution is 2.14. The largest absolute Gasteiger partial charge is 0.497 e. The first-order valence-electron chi connectivity index (χ1n) is 8.99. The van der Waals surface area contributed by atoms with Crippen LogP contribution >= 0.6 is 0 Å². The molecular weight excluding hydrogens is 356 g/mol. The Balaban J connectivity index is 1.64. The number of methoxy groups -OCH3 is 1. The SMILES string of the molecule is COc1ccc(CCNC(=O)C(C)n2nc(-c3ccncc3)ccc2=O)cc1. The molecule has 7 heteroatoms. The Labute approximate surface area is 163 Å². The number of hydrogen-bond acceptors (Lipinski definition) is 5. The third-order valence-corrected chi connectivity index (χ3v) is 4.42. The van der Waals surface area contributed by atoms with E-state index in [1.54, 1.807) is 44.6 Å². The molecule has 1 unspecified atom stereocenters. The zero-order chi connectivity index (χ0) is 19.9. The second kappa shape index (κ2) is 8.94. The second-order valence-electron chi connectivity index (χ2n) is 6.30.